The van der Waals surface area contributed by atoms with Gasteiger partial charge in [0, 0.05) is 24.2 Å². The van der Waals surface area contributed by atoms with Crippen molar-refractivity contribution >= 4 is 0 Å². The fourth-order valence-corrected chi connectivity index (χ4v) is 1.88. The molecule has 0 bridgehead atoms. The Morgan fingerprint density at radius 3 is 2.80 bits per heavy atom. The standard InChI is InChI=1S/C9H13F2N3O/c1-14-4-6(7(13-14)8(10)11)9(2-3-9)5-15-12/h4,8H,2-3,5,12H2,1H3. The Morgan fingerprint density at radius 2 is 2.33 bits per heavy atom. The minimum absolute atomic E-state index is 0.146. The van der Waals surface area contributed by atoms with Crippen molar-refractivity contribution in [1.29, 1.82) is 0 Å². The molecule has 2 rings (SSSR count). The van der Waals surface area contributed by atoms with E-state index in [0.29, 0.717) is 5.56 Å². The lowest BCUT2D eigenvalue weighted by Gasteiger charge is -2.12. The van der Waals surface area contributed by atoms with Gasteiger partial charge in [-0.1, -0.05) is 0 Å². The van der Waals surface area contributed by atoms with Crippen LogP contribution in [0.3, 0.4) is 0 Å². The van der Waals surface area contributed by atoms with E-state index in [-0.39, 0.29) is 17.7 Å². The molecule has 1 heterocycles. The van der Waals surface area contributed by atoms with Crippen LogP contribution >= 0.6 is 0 Å². The first-order chi connectivity index (χ1) is 7.09. The van der Waals surface area contributed by atoms with Crippen LogP contribution in [0.2, 0.25) is 0 Å². The van der Waals surface area contributed by atoms with Crippen LogP contribution < -0.4 is 5.90 Å². The van der Waals surface area contributed by atoms with Gasteiger partial charge in [0.25, 0.3) is 6.43 Å². The van der Waals surface area contributed by atoms with Crippen LogP contribution in [0.1, 0.15) is 30.5 Å². The Morgan fingerprint density at radius 1 is 1.67 bits per heavy atom. The molecular weight excluding hydrogens is 204 g/mol. The molecule has 0 atom stereocenters. The van der Waals surface area contributed by atoms with Gasteiger partial charge in [-0.2, -0.15) is 5.10 Å². The Kier molecular flexibility index (Phi) is 2.47. The Labute approximate surface area is 86.0 Å². The third-order valence-corrected chi connectivity index (χ3v) is 2.85. The normalized spacial score (nSPS) is 18.5. The van der Waals surface area contributed by atoms with Gasteiger partial charge in [0.05, 0.1) is 6.61 Å². The number of aryl methyl sites for hydroxylation is 1. The maximum Gasteiger partial charge on any atom is 0.282 e. The van der Waals surface area contributed by atoms with E-state index in [0.717, 1.165) is 12.8 Å². The number of alkyl halides is 2. The third-order valence-electron chi connectivity index (χ3n) is 2.85. The van der Waals surface area contributed by atoms with Crippen molar-refractivity contribution in [1.82, 2.24) is 9.78 Å². The molecular formula is C9H13F2N3O. The Bertz CT molecular complexity index is 360. The molecule has 0 aliphatic heterocycles. The summed E-state index contributed by atoms with van der Waals surface area (Å²) in [6.45, 7) is 0.276. The van der Waals surface area contributed by atoms with Crippen molar-refractivity contribution in [3.05, 3.63) is 17.5 Å². The minimum atomic E-state index is -2.54. The number of nitrogens with two attached hydrogens (primary N) is 1. The van der Waals surface area contributed by atoms with Crippen molar-refractivity contribution in [2.45, 2.75) is 24.7 Å². The maximum atomic E-state index is 12.7. The van der Waals surface area contributed by atoms with Gasteiger partial charge in [-0.15, -0.1) is 0 Å². The number of halogens is 2. The molecule has 0 unspecified atom stereocenters. The van der Waals surface area contributed by atoms with Crippen molar-refractivity contribution in [3.8, 4) is 0 Å². The smallest absolute Gasteiger partial charge is 0.282 e. The summed E-state index contributed by atoms with van der Waals surface area (Å²) in [6, 6.07) is 0. The first kappa shape index (κ1) is 10.5. The van der Waals surface area contributed by atoms with Gasteiger partial charge in [0.15, 0.2) is 0 Å². The predicted octanol–water partition coefficient (Wildman–Crippen LogP) is 1.28. The average Bonchev–Trinajstić information content (AvgIpc) is 2.82. The van der Waals surface area contributed by atoms with E-state index in [4.69, 9.17) is 5.90 Å². The summed E-state index contributed by atoms with van der Waals surface area (Å²) in [7, 11) is 1.63. The summed E-state index contributed by atoms with van der Waals surface area (Å²) < 4.78 is 26.8. The fourth-order valence-electron chi connectivity index (χ4n) is 1.88. The second-order valence-electron chi connectivity index (χ2n) is 3.99. The zero-order valence-electron chi connectivity index (χ0n) is 8.41. The highest BCUT2D eigenvalue weighted by Crippen LogP contribution is 2.50. The summed E-state index contributed by atoms with van der Waals surface area (Å²) in [5.74, 6) is 5.01. The lowest BCUT2D eigenvalue weighted by molar-refractivity contribution is 0.111. The first-order valence-corrected chi connectivity index (χ1v) is 4.73. The van der Waals surface area contributed by atoms with Crippen LogP contribution in [-0.4, -0.2) is 16.4 Å². The lowest BCUT2D eigenvalue weighted by Crippen LogP contribution is -2.19. The van der Waals surface area contributed by atoms with Crippen molar-refractivity contribution in [2.75, 3.05) is 6.61 Å². The molecule has 0 saturated heterocycles. The summed E-state index contributed by atoms with van der Waals surface area (Å²) >= 11 is 0. The summed E-state index contributed by atoms with van der Waals surface area (Å²) in [5.41, 5.74) is 0.104. The molecule has 1 saturated carbocycles. The molecule has 1 aliphatic carbocycles. The molecule has 1 aromatic rings. The van der Waals surface area contributed by atoms with Gasteiger partial charge >= 0.3 is 0 Å². The first-order valence-electron chi connectivity index (χ1n) is 4.73. The summed E-state index contributed by atoms with van der Waals surface area (Å²) in [6.07, 6.45) is 0.745. The quantitative estimate of drug-likeness (QED) is 0.773. The Hall–Kier alpha value is -1.01. The van der Waals surface area contributed by atoms with Crippen LogP contribution in [0.4, 0.5) is 8.78 Å². The largest absolute Gasteiger partial charge is 0.304 e. The van der Waals surface area contributed by atoms with Crippen molar-refractivity contribution in [2.24, 2.45) is 12.9 Å². The zero-order chi connectivity index (χ0) is 11.1. The highest BCUT2D eigenvalue weighted by molar-refractivity contribution is 5.34. The second-order valence-corrected chi connectivity index (χ2v) is 3.99. The van der Waals surface area contributed by atoms with Gasteiger partial charge in [0.2, 0.25) is 0 Å². The van der Waals surface area contributed by atoms with E-state index < -0.39 is 6.43 Å². The molecule has 1 aliphatic rings. The zero-order valence-corrected chi connectivity index (χ0v) is 8.41. The number of aromatic nitrogens is 2. The van der Waals surface area contributed by atoms with E-state index in [1.54, 1.807) is 13.2 Å². The molecule has 2 N–H and O–H groups in total. The van der Waals surface area contributed by atoms with E-state index >= 15 is 0 Å². The Balaban J connectivity index is 2.34. The molecule has 0 radical (unpaired) electrons. The van der Waals surface area contributed by atoms with E-state index in [1.165, 1.54) is 4.68 Å². The number of rotatable bonds is 4. The lowest BCUT2D eigenvalue weighted by atomic mass is 9.98. The molecule has 0 aromatic carbocycles. The average molecular weight is 217 g/mol. The highest BCUT2D eigenvalue weighted by Gasteiger charge is 2.48. The predicted molar refractivity (Wildman–Crippen MR) is 49.2 cm³/mol. The topological polar surface area (TPSA) is 53.1 Å². The molecule has 84 valence electrons. The molecule has 15 heavy (non-hydrogen) atoms. The molecule has 0 spiro atoms. The van der Waals surface area contributed by atoms with E-state index in [9.17, 15) is 8.78 Å². The summed E-state index contributed by atoms with van der Waals surface area (Å²) in [5, 5.41) is 3.77. The summed E-state index contributed by atoms with van der Waals surface area (Å²) in [4.78, 5) is 4.59. The van der Waals surface area contributed by atoms with E-state index in [2.05, 4.69) is 9.94 Å². The maximum absolute atomic E-state index is 12.7. The van der Waals surface area contributed by atoms with Gasteiger partial charge < -0.3 is 4.84 Å². The SMILES string of the molecule is Cn1cc(C2(CON)CC2)c(C(F)F)n1. The monoisotopic (exact) mass is 217 g/mol. The highest BCUT2D eigenvalue weighted by atomic mass is 19.3. The molecule has 6 heteroatoms. The third kappa shape index (κ3) is 1.74. The van der Waals surface area contributed by atoms with Crippen LogP contribution in [0.15, 0.2) is 6.20 Å². The molecule has 1 fully saturated rings. The van der Waals surface area contributed by atoms with Crippen LogP contribution in [0.25, 0.3) is 0 Å². The van der Waals surface area contributed by atoms with Crippen LogP contribution in [-0.2, 0) is 17.3 Å². The van der Waals surface area contributed by atoms with Gasteiger partial charge in [-0.25, -0.2) is 14.7 Å². The van der Waals surface area contributed by atoms with Gasteiger partial charge in [-0.3, -0.25) is 4.68 Å². The minimum Gasteiger partial charge on any atom is -0.304 e. The molecule has 0 amide bonds. The number of hydrogen-bond acceptors (Lipinski definition) is 3. The molecule has 4 nitrogen and oxygen atoms in total. The van der Waals surface area contributed by atoms with Gasteiger partial charge in [-0.05, 0) is 12.8 Å². The second kappa shape index (κ2) is 3.53. The fraction of sp³-hybridized carbons (Fsp3) is 0.667. The number of nitrogens with zero attached hydrogens (tertiary/aromatic N) is 2. The van der Waals surface area contributed by atoms with Crippen molar-refractivity contribution < 1.29 is 13.6 Å². The van der Waals surface area contributed by atoms with Gasteiger partial charge in [0.1, 0.15) is 5.69 Å². The number of hydrogen-bond donors (Lipinski definition) is 1. The van der Waals surface area contributed by atoms with Crippen LogP contribution in [0.5, 0.6) is 0 Å². The van der Waals surface area contributed by atoms with Crippen molar-refractivity contribution in [3.63, 3.8) is 0 Å². The van der Waals surface area contributed by atoms with Crippen LogP contribution in [0, 0.1) is 0 Å². The van der Waals surface area contributed by atoms with E-state index in [1.807, 2.05) is 0 Å². The molecule has 1 aromatic heterocycles.